The average Bonchev–Trinajstić information content (AvgIpc) is 2.76. The summed E-state index contributed by atoms with van der Waals surface area (Å²) in [7, 11) is 1.59. The van der Waals surface area contributed by atoms with E-state index in [1.165, 1.54) is 0 Å². The maximum Gasteiger partial charge on any atom is 0.232 e. The van der Waals surface area contributed by atoms with Crippen molar-refractivity contribution in [2.24, 2.45) is 5.92 Å². The number of carbonyl (C=O) groups excluding carboxylic acids is 2. The molecule has 2 amide bonds. The van der Waals surface area contributed by atoms with Crippen LogP contribution in [0.5, 0.6) is 0 Å². The lowest BCUT2D eigenvalue weighted by molar-refractivity contribution is -0.128. The van der Waals surface area contributed by atoms with E-state index in [1.807, 2.05) is 19.9 Å². The van der Waals surface area contributed by atoms with Crippen LogP contribution in [0.1, 0.15) is 17.8 Å². The second kappa shape index (κ2) is 6.62. The van der Waals surface area contributed by atoms with Gasteiger partial charge in [-0.15, -0.1) is 0 Å². The lowest BCUT2D eigenvalue weighted by atomic mass is 10.1. The van der Waals surface area contributed by atoms with E-state index < -0.39 is 0 Å². The molecule has 0 bridgehead atoms. The third kappa shape index (κ3) is 3.98. The van der Waals surface area contributed by atoms with Crippen molar-refractivity contribution in [2.45, 2.75) is 20.3 Å². The average molecular weight is 292 g/mol. The molecule has 0 aromatic carbocycles. The summed E-state index contributed by atoms with van der Waals surface area (Å²) >= 11 is 0. The number of rotatable bonds is 5. The smallest absolute Gasteiger partial charge is 0.232 e. The van der Waals surface area contributed by atoms with Gasteiger partial charge in [-0.1, -0.05) is 0 Å². The highest BCUT2D eigenvalue weighted by molar-refractivity contribution is 5.96. The van der Waals surface area contributed by atoms with Crippen LogP contribution >= 0.6 is 0 Å². The first-order valence-corrected chi connectivity index (χ1v) is 6.89. The van der Waals surface area contributed by atoms with Crippen molar-refractivity contribution in [1.82, 2.24) is 14.9 Å². The fourth-order valence-electron chi connectivity index (χ4n) is 2.36. The molecule has 2 rings (SSSR count). The molecule has 0 saturated carbocycles. The predicted molar refractivity (Wildman–Crippen MR) is 76.7 cm³/mol. The SMILES string of the molecule is COCCN1CC(C(=O)Nc2nc(C)cc(C)n2)CC1=O. The number of methoxy groups -OCH3 is 1. The van der Waals surface area contributed by atoms with Gasteiger partial charge in [-0.25, -0.2) is 9.97 Å². The van der Waals surface area contributed by atoms with Gasteiger partial charge in [0.15, 0.2) is 0 Å². The van der Waals surface area contributed by atoms with Gasteiger partial charge in [-0.2, -0.15) is 0 Å². The number of hydrogen-bond donors (Lipinski definition) is 1. The summed E-state index contributed by atoms with van der Waals surface area (Å²) in [6, 6.07) is 1.83. The lowest BCUT2D eigenvalue weighted by Gasteiger charge is -2.15. The van der Waals surface area contributed by atoms with Gasteiger partial charge in [0.05, 0.1) is 12.5 Å². The highest BCUT2D eigenvalue weighted by atomic mass is 16.5. The number of anilines is 1. The van der Waals surface area contributed by atoms with E-state index in [4.69, 9.17) is 4.74 Å². The number of carbonyl (C=O) groups is 2. The molecular weight excluding hydrogens is 272 g/mol. The zero-order chi connectivity index (χ0) is 15.4. The summed E-state index contributed by atoms with van der Waals surface area (Å²) in [4.78, 5) is 34.0. The summed E-state index contributed by atoms with van der Waals surface area (Å²) < 4.78 is 4.96. The molecule has 1 atom stereocenters. The molecule has 1 aromatic rings. The molecule has 7 heteroatoms. The molecule has 2 heterocycles. The van der Waals surface area contributed by atoms with Crippen LogP contribution in [0.15, 0.2) is 6.07 Å². The molecule has 21 heavy (non-hydrogen) atoms. The first-order valence-electron chi connectivity index (χ1n) is 6.89. The normalized spacial score (nSPS) is 18.1. The largest absolute Gasteiger partial charge is 0.383 e. The van der Waals surface area contributed by atoms with Crippen LogP contribution in [0.3, 0.4) is 0 Å². The number of ether oxygens (including phenoxy) is 1. The third-order valence-electron chi connectivity index (χ3n) is 3.37. The zero-order valence-electron chi connectivity index (χ0n) is 12.5. The molecule has 1 unspecified atom stereocenters. The fraction of sp³-hybridized carbons (Fsp3) is 0.571. The molecule has 1 aliphatic heterocycles. The Labute approximate surface area is 123 Å². The lowest BCUT2D eigenvalue weighted by Crippen LogP contribution is -2.31. The number of nitrogens with one attached hydrogen (secondary N) is 1. The van der Waals surface area contributed by atoms with Gasteiger partial charge in [0.25, 0.3) is 0 Å². The second-order valence-electron chi connectivity index (χ2n) is 5.20. The first kappa shape index (κ1) is 15.4. The Morgan fingerprint density at radius 1 is 1.43 bits per heavy atom. The fourth-order valence-corrected chi connectivity index (χ4v) is 2.36. The molecule has 0 aliphatic carbocycles. The molecule has 1 aromatic heterocycles. The number of amides is 2. The minimum Gasteiger partial charge on any atom is -0.383 e. The van der Waals surface area contributed by atoms with Crippen molar-refractivity contribution in [3.05, 3.63) is 17.5 Å². The van der Waals surface area contributed by atoms with Gasteiger partial charge in [-0.3, -0.25) is 14.9 Å². The summed E-state index contributed by atoms with van der Waals surface area (Å²) in [6.45, 7) is 5.09. The molecule has 0 spiro atoms. The van der Waals surface area contributed by atoms with Crippen LogP contribution < -0.4 is 5.32 Å². The van der Waals surface area contributed by atoms with E-state index in [0.717, 1.165) is 11.4 Å². The van der Waals surface area contributed by atoms with Crippen LogP contribution in [-0.4, -0.2) is 53.5 Å². The van der Waals surface area contributed by atoms with Crippen molar-refractivity contribution in [3.63, 3.8) is 0 Å². The van der Waals surface area contributed by atoms with Crippen LogP contribution in [0, 0.1) is 19.8 Å². The van der Waals surface area contributed by atoms with E-state index in [9.17, 15) is 9.59 Å². The van der Waals surface area contributed by atoms with Gasteiger partial charge in [0.2, 0.25) is 17.8 Å². The number of likely N-dealkylation sites (tertiary alicyclic amines) is 1. The van der Waals surface area contributed by atoms with E-state index >= 15 is 0 Å². The van der Waals surface area contributed by atoms with Gasteiger partial charge in [0.1, 0.15) is 0 Å². The Morgan fingerprint density at radius 3 is 2.71 bits per heavy atom. The number of aryl methyl sites for hydroxylation is 2. The van der Waals surface area contributed by atoms with Crippen LogP contribution in [-0.2, 0) is 14.3 Å². The highest BCUT2D eigenvalue weighted by Crippen LogP contribution is 2.19. The van der Waals surface area contributed by atoms with E-state index in [-0.39, 0.29) is 24.2 Å². The van der Waals surface area contributed by atoms with Gasteiger partial charge in [-0.05, 0) is 19.9 Å². The summed E-state index contributed by atoms with van der Waals surface area (Å²) in [5.41, 5.74) is 1.59. The van der Waals surface area contributed by atoms with Gasteiger partial charge in [0, 0.05) is 38.0 Å². The Hall–Kier alpha value is -2.02. The molecule has 0 radical (unpaired) electrons. The minimum atomic E-state index is -0.362. The van der Waals surface area contributed by atoms with Gasteiger partial charge < -0.3 is 9.64 Å². The second-order valence-corrected chi connectivity index (χ2v) is 5.20. The number of hydrogen-bond acceptors (Lipinski definition) is 5. The van der Waals surface area contributed by atoms with E-state index in [0.29, 0.717) is 25.6 Å². The standard InChI is InChI=1S/C14H20N4O3/c1-9-6-10(2)16-14(15-9)17-13(20)11-7-12(19)18(8-11)4-5-21-3/h6,11H,4-5,7-8H2,1-3H3,(H,15,16,17,20). The molecule has 1 N–H and O–H groups in total. The molecule has 1 fully saturated rings. The Morgan fingerprint density at radius 2 is 2.10 bits per heavy atom. The van der Waals surface area contributed by atoms with Crippen LogP contribution in [0.2, 0.25) is 0 Å². The Balaban J connectivity index is 1.96. The van der Waals surface area contributed by atoms with Crippen LogP contribution in [0.4, 0.5) is 5.95 Å². The van der Waals surface area contributed by atoms with Crippen molar-refractivity contribution in [3.8, 4) is 0 Å². The van der Waals surface area contributed by atoms with Crippen molar-refractivity contribution >= 4 is 17.8 Å². The van der Waals surface area contributed by atoms with Gasteiger partial charge >= 0.3 is 0 Å². The minimum absolute atomic E-state index is 0.0199. The molecule has 1 saturated heterocycles. The van der Waals surface area contributed by atoms with Crippen molar-refractivity contribution in [1.29, 1.82) is 0 Å². The van der Waals surface area contributed by atoms with Crippen molar-refractivity contribution in [2.75, 3.05) is 32.1 Å². The topological polar surface area (TPSA) is 84.4 Å². The molecular formula is C14H20N4O3. The monoisotopic (exact) mass is 292 g/mol. The molecule has 1 aliphatic rings. The quantitative estimate of drug-likeness (QED) is 0.855. The van der Waals surface area contributed by atoms with E-state index in [1.54, 1.807) is 12.0 Å². The van der Waals surface area contributed by atoms with Crippen molar-refractivity contribution < 1.29 is 14.3 Å². The predicted octanol–water partition coefficient (Wildman–Crippen LogP) is 0.527. The van der Waals surface area contributed by atoms with E-state index in [2.05, 4.69) is 15.3 Å². The maximum absolute atomic E-state index is 12.2. The maximum atomic E-state index is 12.2. The molecule has 114 valence electrons. The number of nitrogens with zero attached hydrogens (tertiary/aromatic N) is 3. The Bertz CT molecular complexity index is 527. The highest BCUT2D eigenvalue weighted by Gasteiger charge is 2.34. The molecule has 7 nitrogen and oxygen atoms in total. The summed E-state index contributed by atoms with van der Waals surface area (Å²) in [5, 5.41) is 2.69. The third-order valence-corrected chi connectivity index (χ3v) is 3.37. The summed E-state index contributed by atoms with van der Waals surface area (Å²) in [6.07, 6.45) is 0.223. The summed E-state index contributed by atoms with van der Waals surface area (Å²) in [5.74, 6) is -0.305. The number of aromatic nitrogens is 2. The zero-order valence-corrected chi connectivity index (χ0v) is 12.5. The van der Waals surface area contributed by atoms with Crippen LogP contribution in [0.25, 0.3) is 0 Å². The first-order chi connectivity index (χ1) is 9.99. The Kier molecular flexibility index (Phi) is 4.85.